The van der Waals surface area contributed by atoms with E-state index < -0.39 is 10.0 Å². The predicted molar refractivity (Wildman–Crippen MR) is 106 cm³/mol. The van der Waals surface area contributed by atoms with Crippen molar-refractivity contribution in [2.45, 2.75) is 18.2 Å². The maximum absolute atomic E-state index is 12.4. The lowest BCUT2D eigenvalue weighted by Crippen LogP contribution is -2.25. The molecule has 8 heteroatoms. The highest BCUT2D eigenvalue weighted by atomic mass is 32.2. The minimum atomic E-state index is -3.69. The number of hydrogen-bond donors (Lipinski definition) is 2. The number of nitrogens with two attached hydrogens (primary N) is 1. The quantitative estimate of drug-likeness (QED) is 0.663. The van der Waals surface area contributed by atoms with Gasteiger partial charge in [0.2, 0.25) is 10.0 Å². The van der Waals surface area contributed by atoms with Crippen LogP contribution in [0.1, 0.15) is 20.9 Å². The zero-order valence-corrected chi connectivity index (χ0v) is 16.3. The molecule has 0 saturated carbocycles. The zero-order chi connectivity index (χ0) is 19.4. The van der Waals surface area contributed by atoms with Gasteiger partial charge in [-0.3, -0.25) is 4.79 Å². The first-order chi connectivity index (χ1) is 12.8. The second-order valence-electron chi connectivity index (χ2n) is 5.99. The van der Waals surface area contributed by atoms with E-state index >= 15 is 0 Å². The summed E-state index contributed by atoms with van der Waals surface area (Å²) in [4.78, 5) is 17.6. The molecule has 1 heterocycles. The second kappa shape index (κ2) is 7.99. The molecule has 0 bridgehead atoms. The number of carbonyl (C=O) groups is 1. The van der Waals surface area contributed by atoms with Crippen molar-refractivity contribution in [1.29, 1.82) is 0 Å². The number of benzene rings is 2. The first kappa shape index (κ1) is 19.2. The summed E-state index contributed by atoms with van der Waals surface area (Å²) in [6, 6.07) is 16.1. The number of nitrogens with zero attached hydrogens (tertiary/aromatic N) is 1. The summed E-state index contributed by atoms with van der Waals surface area (Å²) in [5, 5.41) is 8.78. The minimum absolute atomic E-state index is 0.0732. The Morgan fingerprint density at radius 1 is 1.11 bits per heavy atom. The van der Waals surface area contributed by atoms with E-state index in [1.807, 2.05) is 37.3 Å². The molecule has 1 aromatic heterocycles. The average molecular weight is 402 g/mol. The zero-order valence-electron chi connectivity index (χ0n) is 14.7. The van der Waals surface area contributed by atoms with Gasteiger partial charge in [0.1, 0.15) is 9.88 Å². The molecule has 0 unspecified atom stereocenters. The molecule has 0 saturated heterocycles. The lowest BCUT2D eigenvalue weighted by Gasteiger charge is -2.05. The van der Waals surface area contributed by atoms with Crippen LogP contribution < -0.4 is 10.5 Å². The molecule has 3 aromatic rings. The number of sulfonamides is 1. The van der Waals surface area contributed by atoms with Crippen LogP contribution in [0.25, 0.3) is 10.6 Å². The van der Waals surface area contributed by atoms with E-state index in [0.29, 0.717) is 23.5 Å². The Hall–Kier alpha value is -2.55. The molecule has 2 aromatic carbocycles. The molecule has 3 N–H and O–H groups in total. The van der Waals surface area contributed by atoms with Gasteiger partial charge in [-0.25, -0.2) is 18.5 Å². The van der Waals surface area contributed by atoms with Crippen LogP contribution in [0.2, 0.25) is 0 Å². The van der Waals surface area contributed by atoms with Crippen LogP contribution in [-0.4, -0.2) is 25.9 Å². The van der Waals surface area contributed by atoms with Crippen LogP contribution in [0.15, 0.2) is 59.5 Å². The lowest BCUT2D eigenvalue weighted by atomic mass is 10.1. The summed E-state index contributed by atoms with van der Waals surface area (Å²) in [6.07, 6.45) is 0.583. The third-order valence-corrected chi connectivity index (χ3v) is 6.11. The lowest BCUT2D eigenvalue weighted by molar-refractivity contribution is 0.0957. The second-order valence-corrected chi connectivity index (χ2v) is 8.55. The number of aromatic nitrogens is 1. The van der Waals surface area contributed by atoms with Crippen molar-refractivity contribution < 1.29 is 13.2 Å². The Bertz CT molecular complexity index is 1040. The fourth-order valence-corrected chi connectivity index (χ4v) is 4.06. The van der Waals surface area contributed by atoms with E-state index in [4.69, 9.17) is 5.14 Å². The SMILES string of the molecule is Cc1nc(-c2ccccc2)sc1C(=O)NCCc1ccc(S(N)(=O)=O)cc1. The van der Waals surface area contributed by atoms with Gasteiger partial charge in [0, 0.05) is 12.1 Å². The fraction of sp³-hybridized carbons (Fsp3) is 0.158. The number of thiazole rings is 1. The Balaban J connectivity index is 1.61. The van der Waals surface area contributed by atoms with Crippen LogP contribution >= 0.6 is 11.3 Å². The molecule has 3 rings (SSSR count). The topological polar surface area (TPSA) is 102 Å². The number of aryl methyl sites for hydroxylation is 1. The van der Waals surface area contributed by atoms with Crippen molar-refractivity contribution in [2.24, 2.45) is 5.14 Å². The van der Waals surface area contributed by atoms with Gasteiger partial charge < -0.3 is 5.32 Å². The summed E-state index contributed by atoms with van der Waals surface area (Å²) in [7, 11) is -3.69. The van der Waals surface area contributed by atoms with E-state index in [1.165, 1.54) is 23.5 Å². The van der Waals surface area contributed by atoms with E-state index in [9.17, 15) is 13.2 Å². The van der Waals surface area contributed by atoms with Gasteiger partial charge in [-0.1, -0.05) is 42.5 Å². The van der Waals surface area contributed by atoms with Crippen molar-refractivity contribution in [1.82, 2.24) is 10.3 Å². The van der Waals surface area contributed by atoms with E-state index in [0.717, 1.165) is 16.1 Å². The number of carbonyl (C=O) groups excluding carboxylic acids is 1. The predicted octanol–water partition coefficient (Wildman–Crippen LogP) is 2.74. The summed E-state index contributed by atoms with van der Waals surface area (Å²) >= 11 is 1.37. The Labute approximate surface area is 162 Å². The number of primary sulfonamides is 1. The van der Waals surface area contributed by atoms with Gasteiger partial charge >= 0.3 is 0 Å². The number of hydrogen-bond acceptors (Lipinski definition) is 5. The molecule has 0 aliphatic rings. The molecule has 0 fully saturated rings. The summed E-state index contributed by atoms with van der Waals surface area (Å²) in [6.45, 7) is 2.26. The normalized spacial score (nSPS) is 11.3. The van der Waals surface area contributed by atoms with Crippen LogP contribution in [0.3, 0.4) is 0 Å². The molecule has 27 heavy (non-hydrogen) atoms. The number of amides is 1. The third kappa shape index (κ3) is 4.79. The summed E-state index contributed by atoms with van der Waals surface area (Å²) in [5.74, 6) is -0.159. The van der Waals surface area contributed by atoms with E-state index in [2.05, 4.69) is 10.3 Å². The Morgan fingerprint density at radius 3 is 2.41 bits per heavy atom. The number of nitrogens with one attached hydrogen (secondary N) is 1. The molecule has 140 valence electrons. The van der Waals surface area contributed by atoms with Gasteiger partial charge in [-0.2, -0.15) is 0 Å². The van der Waals surface area contributed by atoms with Crippen molar-refractivity contribution in [2.75, 3.05) is 6.54 Å². The average Bonchev–Trinajstić information content (AvgIpc) is 3.04. The van der Waals surface area contributed by atoms with Gasteiger partial charge in [0.05, 0.1) is 10.6 Å². The van der Waals surface area contributed by atoms with Crippen LogP contribution in [0, 0.1) is 6.92 Å². The summed E-state index contributed by atoms with van der Waals surface area (Å²) in [5.41, 5.74) is 2.60. The van der Waals surface area contributed by atoms with Crippen molar-refractivity contribution >= 4 is 27.3 Å². The van der Waals surface area contributed by atoms with Crippen molar-refractivity contribution in [3.8, 4) is 10.6 Å². The Morgan fingerprint density at radius 2 is 1.78 bits per heavy atom. The van der Waals surface area contributed by atoms with Crippen molar-refractivity contribution in [3.05, 3.63) is 70.7 Å². The van der Waals surface area contributed by atoms with E-state index in [1.54, 1.807) is 12.1 Å². The van der Waals surface area contributed by atoms with Gasteiger partial charge in [0.25, 0.3) is 5.91 Å². The monoisotopic (exact) mass is 401 g/mol. The van der Waals surface area contributed by atoms with Crippen LogP contribution in [0.4, 0.5) is 0 Å². The molecule has 0 atom stereocenters. The van der Waals surface area contributed by atoms with Crippen LogP contribution in [0.5, 0.6) is 0 Å². The minimum Gasteiger partial charge on any atom is -0.351 e. The molecule has 1 amide bonds. The van der Waals surface area contributed by atoms with Gasteiger partial charge in [-0.05, 0) is 31.0 Å². The molecule has 0 spiro atoms. The van der Waals surface area contributed by atoms with Crippen LogP contribution in [-0.2, 0) is 16.4 Å². The van der Waals surface area contributed by atoms with Gasteiger partial charge in [-0.15, -0.1) is 11.3 Å². The molecule has 0 radical (unpaired) electrons. The van der Waals surface area contributed by atoms with E-state index in [-0.39, 0.29) is 10.8 Å². The summed E-state index contributed by atoms with van der Waals surface area (Å²) < 4.78 is 22.5. The Kier molecular flexibility index (Phi) is 5.69. The largest absolute Gasteiger partial charge is 0.351 e. The smallest absolute Gasteiger partial charge is 0.263 e. The standard InChI is InChI=1S/C19H19N3O3S2/c1-13-17(26-19(22-13)15-5-3-2-4-6-15)18(23)21-12-11-14-7-9-16(10-8-14)27(20,24)25/h2-10H,11-12H2,1H3,(H,21,23)(H2,20,24,25). The maximum atomic E-state index is 12.4. The molecule has 0 aliphatic heterocycles. The highest BCUT2D eigenvalue weighted by Gasteiger charge is 2.15. The molecular formula is C19H19N3O3S2. The first-order valence-corrected chi connectivity index (χ1v) is 10.6. The first-order valence-electron chi connectivity index (χ1n) is 8.27. The number of rotatable bonds is 6. The fourth-order valence-electron chi connectivity index (χ4n) is 2.56. The highest BCUT2D eigenvalue weighted by molar-refractivity contribution is 7.89. The molecular weight excluding hydrogens is 382 g/mol. The molecule has 6 nitrogen and oxygen atoms in total. The van der Waals surface area contributed by atoms with Crippen molar-refractivity contribution in [3.63, 3.8) is 0 Å². The third-order valence-electron chi connectivity index (χ3n) is 3.97. The van der Waals surface area contributed by atoms with Gasteiger partial charge in [0.15, 0.2) is 0 Å². The molecule has 0 aliphatic carbocycles. The highest BCUT2D eigenvalue weighted by Crippen LogP contribution is 2.27. The maximum Gasteiger partial charge on any atom is 0.263 e.